The van der Waals surface area contributed by atoms with Crippen molar-refractivity contribution in [1.29, 1.82) is 0 Å². The summed E-state index contributed by atoms with van der Waals surface area (Å²) < 4.78 is 0. The minimum Gasteiger partial charge on any atom is -0.357 e. The molecule has 0 bridgehead atoms. The molecular formula is C41H81N3O. The molecule has 266 valence electrons. The van der Waals surface area contributed by atoms with E-state index >= 15 is 0 Å². The average Bonchev–Trinajstić information content (AvgIpc) is 3.49. The van der Waals surface area contributed by atoms with E-state index < -0.39 is 0 Å². The van der Waals surface area contributed by atoms with E-state index in [0.29, 0.717) is 6.42 Å². The topological polar surface area (TPSA) is 44.7 Å². The fourth-order valence-corrected chi connectivity index (χ4v) is 6.91. The maximum Gasteiger partial charge on any atom is 0.220 e. The molecule has 1 aliphatic rings. The molecule has 1 N–H and O–H groups in total. The van der Waals surface area contributed by atoms with E-state index in [-0.39, 0.29) is 5.91 Å². The summed E-state index contributed by atoms with van der Waals surface area (Å²) in [5.41, 5.74) is 0. The van der Waals surface area contributed by atoms with Crippen LogP contribution in [-0.4, -0.2) is 42.8 Å². The lowest BCUT2D eigenvalue weighted by molar-refractivity contribution is -0.121. The molecule has 0 saturated carbocycles. The molecule has 0 fully saturated rings. The minimum atomic E-state index is 0.236. The van der Waals surface area contributed by atoms with Gasteiger partial charge < -0.3 is 10.2 Å². The molecule has 0 aromatic heterocycles. The second-order valence-electron chi connectivity index (χ2n) is 14.4. The van der Waals surface area contributed by atoms with Crippen LogP contribution in [0.25, 0.3) is 0 Å². The van der Waals surface area contributed by atoms with E-state index in [1.807, 2.05) is 0 Å². The lowest BCUT2D eigenvalue weighted by atomic mass is 10.0. The molecule has 0 unspecified atom stereocenters. The van der Waals surface area contributed by atoms with E-state index in [4.69, 9.17) is 4.99 Å². The highest BCUT2D eigenvalue weighted by Gasteiger charge is 2.16. The normalized spacial score (nSPS) is 13.1. The number of carbonyl (C=O) groups is 1. The second-order valence-corrected chi connectivity index (χ2v) is 14.4. The maximum atomic E-state index is 12.3. The molecule has 0 saturated heterocycles. The largest absolute Gasteiger partial charge is 0.357 e. The Morgan fingerprint density at radius 1 is 0.533 bits per heavy atom. The van der Waals surface area contributed by atoms with Crippen LogP contribution in [0.1, 0.15) is 226 Å². The molecule has 0 aliphatic carbocycles. The zero-order valence-electron chi connectivity index (χ0n) is 31.0. The molecule has 1 rings (SSSR count). The van der Waals surface area contributed by atoms with Gasteiger partial charge in [0.25, 0.3) is 0 Å². The third-order valence-corrected chi connectivity index (χ3v) is 9.99. The summed E-state index contributed by atoms with van der Waals surface area (Å²) in [5.74, 6) is 1.53. The Morgan fingerprint density at radius 3 is 1.29 bits per heavy atom. The van der Waals surface area contributed by atoms with Gasteiger partial charge in [0.1, 0.15) is 0 Å². The Bertz CT molecular complexity index is 649. The van der Waals surface area contributed by atoms with E-state index in [2.05, 4.69) is 24.1 Å². The van der Waals surface area contributed by atoms with E-state index in [0.717, 1.165) is 39.0 Å². The highest BCUT2D eigenvalue weighted by atomic mass is 16.1. The lowest BCUT2D eigenvalue weighted by Gasteiger charge is -2.20. The standard InChI is InChI=1S/C41H81N3O/c1-3-5-7-9-11-13-15-17-19-21-22-24-26-28-30-32-34-40-42-36-38-44(40)39-37-43-41(45)35-33-31-29-27-25-23-20-18-16-14-12-10-8-6-4-2/h3-39H2,1-2H3,(H,43,45). The highest BCUT2D eigenvalue weighted by molar-refractivity contribution is 5.83. The Labute approximate surface area is 283 Å². The van der Waals surface area contributed by atoms with Crippen LogP contribution in [0.15, 0.2) is 4.99 Å². The molecule has 0 aromatic carbocycles. The number of amidine groups is 1. The number of hydrogen-bond donors (Lipinski definition) is 1. The van der Waals surface area contributed by atoms with Crippen molar-refractivity contribution in [2.75, 3.05) is 26.2 Å². The van der Waals surface area contributed by atoms with Crippen LogP contribution in [0, 0.1) is 0 Å². The molecule has 0 atom stereocenters. The van der Waals surface area contributed by atoms with Crippen molar-refractivity contribution >= 4 is 11.7 Å². The van der Waals surface area contributed by atoms with Crippen molar-refractivity contribution in [2.24, 2.45) is 4.99 Å². The summed E-state index contributed by atoms with van der Waals surface area (Å²) in [5, 5.41) is 3.17. The molecule has 0 radical (unpaired) electrons. The number of amides is 1. The third kappa shape index (κ3) is 28.9. The van der Waals surface area contributed by atoms with Crippen molar-refractivity contribution in [2.45, 2.75) is 226 Å². The van der Waals surface area contributed by atoms with Gasteiger partial charge in [-0.1, -0.05) is 200 Å². The Kier molecular flexibility index (Phi) is 32.0. The molecule has 4 nitrogen and oxygen atoms in total. The number of nitrogens with one attached hydrogen (secondary N) is 1. The molecule has 1 heterocycles. The van der Waals surface area contributed by atoms with Gasteiger partial charge in [0.15, 0.2) is 0 Å². The Balaban J connectivity index is 1.83. The predicted octanol–water partition coefficient (Wildman–Crippen LogP) is 12.7. The third-order valence-electron chi connectivity index (χ3n) is 9.99. The first-order chi connectivity index (χ1) is 22.3. The molecule has 4 heteroatoms. The molecule has 0 spiro atoms. The van der Waals surface area contributed by atoms with Gasteiger partial charge in [-0.15, -0.1) is 0 Å². The van der Waals surface area contributed by atoms with Gasteiger partial charge in [-0.25, -0.2) is 0 Å². The van der Waals surface area contributed by atoms with Gasteiger partial charge in [0.2, 0.25) is 5.91 Å². The minimum absolute atomic E-state index is 0.236. The fraction of sp³-hybridized carbons (Fsp3) is 0.951. The molecule has 1 amide bonds. The average molecular weight is 632 g/mol. The van der Waals surface area contributed by atoms with Gasteiger partial charge in [-0.05, 0) is 12.8 Å². The molecule has 0 aromatic rings. The molecule has 1 aliphatic heterocycles. The number of nitrogens with zero attached hydrogens (tertiary/aromatic N) is 2. The number of unbranched alkanes of at least 4 members (excludes halogenated alkanes) is 29. The summed E-state index contributed by atoms with van der Waals surface area (Å²) in [7, 11) is 0. The second kappa shape index (κ2) is 34.3. The summed E-state index contributed by atoms with van der Waals surface area (Å²) in [4.78, 5) is 19.5. The zero-order valence-corrected chi connectivity index (χ0v) is 31.0. The van der Waals surface area contributed by atoms with E-state index in [1.54, 1.807) is 0 Å². The maximum absolute atomic E-state index is 12.3. The number of carbonyl (C=O) groups excluding carboxylic acids is 1. The fourth-order valence-electron chi connectivity index (χ4n) is 6.91. The monoisotopic (exact) mass is 632 g/mol. The van der Waals surface area contributed by atoms with Crippen LogP contribution < -0.4 is 5.32 Å². The van der Waals surface area contributed by atoms with E-state index in [9.17, 15) is 4.79 Å². The van der Waals surface area contributed by atoms with Gasteiger partial charge in [0, 0.05) is 32.5 Å². The first-order valence-corrected chi connectivity index (χ1v) is 20.8. The van der Waals surface area contributed by atoms with Crippen molar-refractivity contribution in [1.82, 2.24) is 10.2 Å². The number of hydrogen-bond acceptors (Lipinski definition) is 3. The first-order valence-electron chi connectivity index (χ1n) is 20.8. The van der Waals surface area contributed by atoms with Crippen molar-refractivity contribution in [3.63, 3.8) is 0 Å². The quantitative estimate of drug-likeness (QED) is 0.0699. The SMILES string of the molecule is CCCCCCCCCCCCCCCCCCC1=NCCN1CCNC(=O)CCCCCCCCCCCCCCCCC. The van der Waals surface area contributed by atoms with Crippen LogP contribution in [0.5, 0.6) is 0 Å². The number of aliphatic imine (C=N–C) groups is 1. The molecular weight excluding hydrogens is 550 g/mol. The van der Waals surface area contributed by atoms with Gasteiger partial charge in [0.05, 0.1) is 12.4 Å². The smallest absolute Gasteiger partial charge is 0.220 e. The van der Waals surface area contributed by atoms with Crippen LogP contribution in [0.2, 0.25) is 0 Å². The highest BCUT2D eigenvalue weighted by Crippen LogP contribution is 2.16. The Morgan fingerprint density at radius 2 is 0.889 bits per heavy atom. The van der Waals surface area contributed by atoms with Crippen molar-refractivity contribution < 1.29 is 4.79 Å². The van der Waals surface area contributed by atoms with Crippen molar-refractivity contribution in [3.8, 4) is 0 Å². The predicted molar refractivity (Wildman–Crippen MR) is 201 cm³/mol. The summed E-state index contributed by atoms with van der Waals surface area (Å²) in [6, 6.07) is 0. The van der Waals surface area contributed by atoms with Gasteiger partial charge in [-0.2, -0.15) is 0 Å². The van der Waals surface area contributed by atoms with Crippen LogP contribution in [-0.2, 0) is 4.79 Å². The Hall–Kier alpha value is -1.06. The van der Waals surface area contributed by atoms with Crippen LogP contribution in [0.3, 0.4) is 0 Å². The van der Waals surface area contributed by atoms with Gasteiger partial charge in [-0.3, -0.25) is 9.79 Å². The van der Waals surface area contributed by atoms with Crippen LogP contribution in [0.4, 0.5) is 0 Å². The number of rotatable bonds is 36. The van der Waals surface area contributed by atoms with Crippen LogP contribution >= 0.6 is 0 Å². The van der Waals surface area contributed by atoms with E-state index in [1.165, 1.54) is 198 Å². The summed E-state index contributed by atoms with van der Waals surface area (Å²) in [6.45, 7) is 8.23. The van der Waals surface area contributed by atoms with Crippen molar-refractivity contribution in [3.05, 3.63) is 0 Å². The summed E-state index contributed by atoms with van der Waals surface area (Å²) in [6.07, 6.45) is 44.9. The van der Waals surface area contributed by atoms with Gasteiger partial charge >= 0.3 is 0 Å². The lowest BCUT2D eigenvalue weighted by Crippen LogP contribution is -2.36. The zero-order chi connectivity index (χ0) is 32.3. The summed E-state index contributed by atoms with van der Waals surface area (Å²) >= 11 is 0. The first kappa shape index (κ1) is 42.0. The molecule has 45 heavy (non-hydrogen) atoms.